The highest BCUT2D eigenvalue weighted by molar-refractivity contribution is 5.89. The van der Waals surface area contributed by atoms with Crippen LogP contribution in [0.4, 0.5) is 0 Å². The highest BCUT2D eigenvalue weighted by Crippen LogP contribution is 2.26. The topological polar surface area (TPSA) is 352 Å². The minimum absolute atomic E-state index is 0.676. The van der Waals surface area contributed by atoms with E-state index in [-0.39, 0.29) is 0 Å². The molecule has 236 valence electrons. The molecule has 0 radical (unpaired) electrons. The number of esters is 2. The number of aliphatic hydroxyl groups is 11. The van der Waals surface area contributed by atoms with Crippen LogP contribution < -0.4 is 0 Å². The largest absolute Gasteiger partial charge is 0.394 e. The van der Waals surface area contributed by atoms with Crippen LogP contribution in [0.3, 0.4) is 0 Å². The van der Waals surface area contributed by atoms with Crippen molar-refractivity contribution < 1.29 is 89.4 Å². The fourth-order valence-corrected chi connectivity index (χ4v) is 3.73. The first-order valence-corrected chi connectivity index (χ1v) is 12.0. The maximum Gasteiger partial charge on any atom is 0.345 e. The molecule has 0 spiro atoms. The Morgan fingerprint density at radius 2 is 1.34 bits per heavy atom. The lowest BCUT2D eigenvalue weighted by atomic mass is 9.98. The fraction of sp³-hybridized carbons (Fsp3) is 0.900. The van der Waals surface area contributed by atoms with Crippen LogP contribution in [0.15, 0.2) is 5.11 Å². The van der Waals surface area contributed by atoms with Gasteiger partial charge in [0, 0.05) is 4.91 Å². The molecule has 0 aromatic carbocycles. The van der Waals surface area contributed by atoms with E-state index in [1.807, 2.05) is 0 Å². The van der Waals surface area contributed by atoms with Gasteiger partial charge < -0.3 is 79.9 Å². The molecule has 2 heterocycles. The summed E-state index contributed by atoms with van der Waals surface area (Å²) < 4.78 is 24.9. The van der Waals surface area contributed by atoms with E-state index < -0.39 is 124 Å². The van der Waals surface area contributed by atoms with Crippen molar-refractivity contribution in [3.8, 4) is 0 Å². The molecule has 0 aromatic heterocycles. The van der Waals surface area contributed by atoms with Gasteiger partial charge in [0.2, 0.25) is 0 Å². The average Bonchev–Trinajstić information content (AvgIpc) is 2.96. The molecule has 41 heavy (non-hydrogen) atoms. The number of carbonyl (C=O) groups is 2. The first kappa shape index (κ1) is 35.0. The van der Waals surface area contributed by atoms with Crippen molar-refractivity contribution in [2.24, 2.45) is 5.11 Å². The van der Waals surface area contributed by atoms with Crippen LogP contribution in [0.2, 0.25) is 0 Å². The molecular formula is C20H33N3O18. The minimum Gasteiger partial charge on any atom is -0.394 e. The third kappa shape index (κ3) is 8.92. The Morgan fingerprint density at radius 3 is 1.90 bits per heavy atom. The molecule has 2 saturated heterocycles. The third-order valence-electron chi connectivity index (χ3n) is 6.16. The number of aliphatic hydroxyl groups excluding tert-OH is 11. The fourth-order valence-electron chi connectivity index (χ4n) is 3.73. The molecule has 21 nitrogen and oxygen atoms in total. The van der Waals surface area contributed by atoms with Crippen LogP contribution in [0.5, 0.6) is 0 Å². The van der Waals surface area contributed by atoms with E-state index in [1.165, 1.54) is 0 Å². The minimum atomic E-state index is -2.55. The number of hydrogen-bond acceptors (Lipinski definition) is 19. The second-order valence-corrected chi connectivity index (χ2v) is 9.05. The Kier molecular flexibility index (Phi) is 13.6. The molecule has 14 atom stereocenters. The van der Waals surface area contributed by atoms with Crippen LogP contribution in [-0.2, 0) is 33.3 Å². The zero-order valence-corrected chi connectivity index (χ0v) is 21.0. The normalized spacial score (nSPS) is 36.9. The van der Waals surface area contributed by atoms with Gasteiger partial charge in [0.15, 0.2) is 18.7 Å². The number of ether oxygens (including phenoxy) is 5. The number of hydrogen-bond donors (Lipinski definition) is 11. The van der Waals surface area contributed by atoms with E-state index in [2.05, 4.69) is 14.8 Å². The van der Waals surface area contributed by atoms with Crippen molar-refractivity contribution in [3.05, 3.63) is 10.4 Å². The lowest BCUT2D eigenvalue weighted by Crippen LogP contribution is -2.62. The highest BCUT2D eigenvalue weighted by atomic mass is 16.7. The Hall–Kier alpha value is -2.15. The molecule has 2 aliphatic heterocycles. The summed E-state index contributed by atoms with van der Waals surface area (Å²) in [6.45, 7) is -3.31. The van der Waals surface area contributed by atoms with Crippen LogP contribution in [0.25, 0.3) is 10.4 Å². The van der Waals surface area contributed by atoms with Gasteiger partial charge in [-0.1, -0.05) is 5.11 Å². The molecule has 0 saturated carbocycles. The number of rotatable bonds is 13. The van der Waals surface area contributed by atoms with E-state index in [0.29, 0.717) is 0 Å². The van der Waals surface area contributed by atoms with E-state index in [1.54, 1.807) is 0 Å². The second kappa shape index (κ2) is 15.9. The zero-order chi connectivity index (χ0) is 31.0. The molecular weight excluding hydrogens is 570 g/mol. The summed E-state index contributed by atoms with van der Waals surface area (Å²) in [7, 11) is 0. The molecule has 0 aliphatic carbocycles. The van der Waals surface area contributed by atoms with Crippen LogP contribution in [0, 0.1) is 0 Å². The summed E-state index contributed by atoms with van der Waals surface area (Å²) >= 11 is 0. The monoisotopic (exact) mass is 603 g/mol. The van der Waals surface area contributed by atoms with E-state index in [9.17, 15) is 65.8 Å². The molecule has 11 N–H and O–H groups in total. The first-order valence-electron chi connectivity index (χ1n) is 12.0. The third-order valence-corrected chi connectivity index (χ3v) is 6.16. The maximum atomic E-state index is 11.7. The summed E-state index contributed by atoms with van der Waals surface area (Å²) in [6, 6.07) is 0. The first-order chi connectivity index (χ1) is 19.2. The number of azide groups is 1. The van der Waals surface area contributed by atoms with E-state index >= 15 is 0 Å². The average molecular weight is 603 g/mol. The molecule has 2 rings (SSSR count). The van der Waals surface area contributed by atoms with Gasteiger partial charge in [0.1, 0.15) is 73.7 Å². The highest BCUT2D eigenvalue weighted by Gasteiger charge is 2.48. The summed E-state index contributed by atoms with van der Waals surface area (Å²) in [4.78, 5) is 25.2. The van der Waals surface area contributed by atoms with Gasteiger partial charge in [-0.05, 0) is 5.53 Å². The SMILES string of the molecule is [N-]=[N+]=NCC(=O)OC(=O)[C@H](O)[C@@H](O)[C@H](O)[C@H](O)CO[C@H]1O[C@H](CO[C@H]2O[C@H](CO)[C@@H](O)[C@H](O)[C@H]2O)[C@@H](O)[C@H](O)[C@H]1O. The number of carbonyl (C=O) groups excluding carboxylic acids is 2. The van der Waals surface area contributed by atoms with Crippen LogP contribution in [0.1, 0.15) is 0 Å². The van der Waals surface area contributed by atoms with Crippen LogP contribution in [-0.4, -0.2) is 180 Å². The molecule has 21 heteroatoms. The summed E-state index contributed by atoms with van der Waals surface area (Å²) in [5.74, 6) is -3.13. The predicted octanol–water partition coefficient (Wildman–Crippen LogP) is -7.55. The van der Waals surface area contributed by atoms with Crippen molar-refractivity contribution in [3.63, 3.8) is 0 Å². The Bertz CT molecular complexity index is 907. The van der Waals surface area contributed by atoms with Crippen molar-refractivity contribution in [2.75, 3.05) is 26.4 Å². The van der Waals surface area contributed by atoms with Crippen molar-refractivity contribution >= 4 is 11.9 Å². The van der Waals surface area contributed by atoms with Crippen molar-refractivity contribution in [2.45, 2.75) is 85.8 Å². The zero-order valence-electron chi connectivity index (χ0n) is 21.0. The Labute approximate surface area is 229 Å². The van der Waals surface area contributed by atoms with Gasteiger partial charge in [-0.2, -0.15) is 0 Å². The van der Waals surface area contributed by atoms with Crippen LogP contribution >= 0.6 is 0 Å². The van der Waals surface area contributed by atoms with Gasteiger partial charge in [-0.15, -0.1) is 0 Å². The Morgan fingerprint density at radius 1 is 0.805 bits per heavy atom. The van der Waals surface area contributed by atoms with Crippen molar-refractivity contribution in [1.82, 2.24) is 0 Å². The Balaban J connectivity index is 1.93. The molecule has 2 fully saturated rings. The van der Waals surface area contributed by atoms with Gasteiger partial charge in [-0.25, -0.2) is 4.79 Å². The lowest BCUT2D eigenvalue weighted by Gasteiger charge is -2.42. The van der Waals surface area contributed by atoms with E-state index in [0.717, 1.165) is 0 Å². The molecule has 0 aromatic rings. The van der Waals surface area contributed by atoms with Gasteiger partial charge >= 0.3 is 11.9 Å². The quantitative estimate of drug-likeness (QED) is 0.0306. The molecule has 2 aliphatic rings. The summed E-state index contributed by atoms with van der Waals surface area (Å²) in [5, 5.41) is 112. The summed E-state index contributed by atoms with van der Waals surface area (Å²) in [5.41, 5.74) is 8.12. The van der Waals surface area contributed by atoms with Gasteiger partial charge in [-0.3, -0.25) is 4.79 Å². The molecule has 0 bridgehead atoms. The maximum absolute atomic E-state index is 11.7. The van der Waals surface area contributed by atoms with E-state index in [4.69, 9.17) is 24.5 Å². The lowest BCUT2D eigenvalue weighted by molar-refractivity contribution is -0.333. The standard InChI is InChI=1S/C20H33N3O18/c21-23-22-1-8(26)41-18(36)15(33)12(30)9(27)5(25)3-37-19-17(35)14(32)11(29)7(40-19)4-38-20-16(34)13(31)10(28)6(2-24)39-20/h5-7,9-17,19-20,24-25,27-35H,1-4H2/t5-,6-,7-,9-,10-,11-,12+,13+,14+,15-,16-,17-,19+,20+/m1/s1. The van der Waals surface area contributed by atoms with Gasteiger partial charge in [0.25, 0.3) is 0 Å². The van der Waals surface area contributed by atoms with Crippen molar-refractivity contribution in [1.29, 1.82) is 0 Å². The predicted molar refractivity (Wildman–Crippen MR) is 121 cm³/mol. The number of nitrogens with zero attached hydrogens (tertiary/aromatic N) is 3. The molecule has 0 amide bonds. The second-order valence-electron chi connectivity index (χ2n) is 9.05. The smallest absolute Gasteiger partial charge is 0.345 e. The van der Waals surface area contributed by atoms with Gasteiger partial charge in [0.05, 0.1) is 19.8 Å². The summed E-state index contributed by atoms with van der Waals surface area (Å²) in [6.07, 6.45) is -26.5. The molecule has 0 unspecified atom stereocenters.